The number of aliphatic hydroxyl groups excluding tert-OH is 1. The van der Waals surface area contributed by atoms with Crippen LogP contribution in [0.2, 0.25) is 0 Å². The number of sulfonamides is 1. The van der Waals surface area contributed by atoms with E-state index in [1.807, 2.05) is 42.6 Å². The maximum Gasteiger partial charge on any atom is 0.273 e. The molecule has 0 aliphatic rings. The number of aliphatic hydroxyl groups is 1. The number of rotatable bonds is 9. The lowest BCUT2D eigenvalue weighted by atomic mass is 9.92. The number of pyridine rings is 1. The number of fused-ring (bicyclic) bond motifs is 3. The van der Waals surface area contributed by atoms with E-state index in [1.54, 1.807) is 42.8 Å². The summed E-state index contributed by atoms with van der Waals surface area (Å²) in [4.78, 5) is 8.11. The SMILES string of the molecule is CN(c1ccc2[nH]c3ncc(-c4ccc(CNCCO)cc4)c(-c4ccc(F)cc4)c3c2c1)S(=O)(=O)c1cccs1. The molecule has 3 N–H and O–H groups in total. The fraction of sp³-hybridized carbons (Fsp3) is 0.129. The molecule has 208 valence electrons. The van der Waals surface area contributed by atoms with Gasteiger partial charge in [0.25, 0.3) is 10.0 Å². The summed E-state index contributed by atoms with van der Waals surface area (Å²) in [5, 5.41) is 15.6. The fourth-order valence-electron chi connectivity index (χ4n) is 4.97. The lowest BCUT2D eigenvalue weighted by molar-refractivity contribution is 0.292. The van der Waals surface area contributed by atoms with Crippen LogP contribution in [0.5, 0.6) is 0 Å². The summed E-state index contributed by atoms with van der Waals surface area (Å²) >= 11 is 1.18. The highest BCUT2D eigenvalue weighted by atomic mass is 32.2. The molecule has 41 heavy (non-hydrogen) atoms. The predicted molar refractivity (Wildman–Crippen MR) is 163 cm³/mol. The van der Waals surface area contributed by atoms with Gasteiger partial charge in [-0.25, -0.2) is 17.8 Å². The number of nitrogens with one attached hydrogen (secondary N) is 2. The topological polar surface area (TPSA) is 98.3 Å². The number of hydrogen-bond acceptors (Lipinski definition) is 6. The van der Waals surface area contributed by atoms with E-state index in [4.69, 9.17) is 10.1 Å². The molecule has 0 amide bonds. The van der Waals surface area contributed by atoms with Crippen molar-refractivity contribution in [2.45, 2.75) is 10.8 Å². The van der Waals surface area contributed by atoms with Gasteiger partial charge in [-0.1, -0.05) is 42.5 Å². The van der Waals surface area contributed by atoms with E-state index in [2.05, 4.69) is 10.3 Å². The maximum atomic E-state index is 14.0. The Bertz CT molecular complexity index is 1940. The van der Waals surface area contributed by atoms with Gasteiger partial charge >= 0.3 is 0 Å². The van der Waals surface area contributed by atoms with E-state index >= 15 is 0 Å². The van der Waals surface area contributed by atoms with Gasteiger partial charge < -0.3 is 15.4 Å². The first-order valence-corrected chi connectivity index (χ1v) is 15.3. The minimum Gasteiger partial charge on any atom is -0.395 e. The maximum absolute atomic E-state index is 14.0. The summed E-state index contributed by atoms with van der Waals surface area (Å²) in [6.45, 7) is 1.23. The minimum atomic E-state index is -3.72. The van der Waals surface area contributed by atoms with Crippen LogP contribution in [0.4, 0.5) is 10.1 Å². The number of H-pyrrole nitrogens is 1. The number of aromatic nitrogens is 2. The average Bonchev–Trinajstić information content (AvgIpc) is 3.66. The van der Waals surface area contributed by atoms with Crippen LogP contribution in [0.3, 0.4) is 0 Å². The van der Waals surface area contributed by atoms with Gasteiger partial charge in [-0.05, 0) is 58.5 Å². The Labute approximate surface area is 241 Å². The van der Waals surface area contributed by atoms with Gasteiger partial charge in [0, 0.05) is 53.8 Å². The number of halogens is 1. The highest BCUT2D eigenvalue weighted by molar-refractivity contribution is 7.94. The molecule has 0 fully saturated rings. The first-order valence-electron chi connectivity index (χ1n) is 13.0. The van der Waals surface area contributed by atoms with E-state index in [0.29, 0.717) is 24.4 Å². The molecule has 3 aromatic heterocycles. The van der Waals surface area contributed by atoms with Crippen LogP contribution >= 0.6 is 11.3 Å². The van der Waals surface area contributed by atoms with Crippen LogP contribution in [-0.4, -0.2) is 43.7 Å². The summed E-state index contributed by atoms with van der Waals surface area (Å²) in [5.41, 5.74) is 6.53. The molecule has 6 aromatic rings. The third kappa shape index (κ3) is 5.11. The second kappa shape index (κ2) is 11.1. The zero-order valence-corrected chi connectivity index (χ0v) is 23.8. The lowest BCUT2D eigenvalue weighted by Gasteiger charge is -2.19. The van der Waals surface area contributed by atoms with E-state index in [0.717, 1.165) is 44.1 Å². The molecule has 3 aromatic carbocycles. The van der Waals surface area contributed by atoms with Crippen molar-refractivity contribution < 1.29 is 17.9 Å². The van der Waals surface area contributed by atoms with Gasteiger partial charge in [0.2, 0.25) is 0 Å². The zero-order valence-electron chi connectivity index (χ0n) is 22.1. The van der Waals surface area contributed by atoms with Crippen molar-refractivity contribution in [2.75, 3.05) is 24.5 Å². The van der Waals surface area contributed by atoms with E-state index < -0.39 is 10.0 Å². The summed E-state index contributed by atoms with van der Waals surface area (Å²) in [6, 6.07) is 23.2. The number of hydrogen-bond donors (Lipinski definition) is 3. The molecule has 0 spiro atoms. The molecule has 6 rings (SSSR count). The molecular weight excluding hydrogens is 559 g/mol. The molecular formula is C31H27FN4O3S2. The smallest absolute Gasteiger partial charge is 0.273 e. The van der Waals surface area contributed by atoms with Crippen molar-refractivity contribution >= 4 is 49.0 Å². The highest BCUT2D eigenvalue weighted by Crippen LogP contribution is 2.41. The minimum absolute atomic E-state index is 0.0763. The first-order chi connectivity index (χ1) is 19.9. The van der Waals surface area contributed by atoms with Crippen molar-refractivity contribution in [3.63, 3.8) is 0 Å². The first kappa shape index (κ1) is 27.1. The Morgan fingerprint density at radius 1 is 1.02 bits per heavy atom. The predicted octanol–water partition coefficient (Wildman–Crippen LogP) is 6.16. The molecule has 0 radical (unpaired) electrons. The Hall–Kier alpha value is -4.09. The number of benzene rings is 3. The van der Waals surface area contributed by atoms with Gasteiger partial charge in [0.05, 0.1) is 12.3 Å². The number of thiophene rings is 1. The summed E-state index contributed by atoms with van der Waals surface area (Å²) in [7, 11) is -2.17. The lowest BCUT2D eigenvalue weighted by Crippen LogP contribution is -2.25. The van der Waals surface area contributed by atoms with Crippen LogP contribution < -0.4 is 9.62 Å². The molecule has 0 saturated carbocycles. The second-order valence-electron chi connectivity index (χ2n) is 9.63. The summed E-state index contributed by atoms with van der Waals surface area (Å²) in [6.07, 6.45) is 1.81. The van der Waals surface area contributed by atoms with Crippen molar-refractivity contribution in [2.24, 2.45) is 0 Å². The molecule has 0 bridgehead atoms. The third-order valence-electron chi connectivity index (χ3n) is 7.09. The molecule has 0 saturated heterocycles. The van der Waals surface area contributed by atoms with Crippen molar-refractivity contribution in [3.8, 4) is 22.3 Å². The van der Waals surface area contributed by atoms with Crippen molar-refractivity contribution in [1.29, 1.82) is 0 Å². The number of nitrogens with zero attached hydrogens (tertiary/aromatic N) is 2. The van der Waals surface area contributed by atoms with Crippen LogP contribution in [0.15, 0.2) is 94.6 Å². The average molecular weight is 587 g/mol. The Kier molecular flexibility index (Phi) is 7.31. The quantitative estimate of drug-likeness (QED) is 0.176. The summed E-state index contributed by atoms with van der Waals surface area (Å²) in [5.74, 6) is -0.332. The molecule has 3 heterocycles. The standard InChI is InChI=1S/C31H27FN4O3S2/c1-36(41(38,39)28-3-2-16-40-28)24-12-13-27-25(17-24)30-29(22-8-10-23(32)11-9-22)26(19-34-31(30)35-27)21-6-4-20(5-7-21)18-33-14-15-37/h2-13,16-17,19,33,37H,14-15,18H2,1H3,(H,34,35). The third-order valence-corrected chi connectivity index (χ3v) is 10.3. The Morgan fingerprint density at radius 2 is 1.78 bits per heavy atom. The molecule has 7 nitrogen and oxygen atoms in total. The molecule has 0 aliphatic carbocycles. The largest absolute Gasteiger partial charge is 0.395 e. The summed E-state index contributed by atoms with van der Waals surface area (Å²) < 4.78 is 42.1. The molecule has 0 unspecified atom stereocenters. The molecule has 0 atom stereocenters. The highest BCUT2D eigenvalue weighted by Gasteiger charge is 2.24. The number of anilines is 1. The van der Waals surface area contributed by atoms with Gasteiger partial charge in [-0.3, -0.25) is 4.31 Å². The fourth-order valence-corrected chi connectivity index (χ4v) is 7.32. The van der Waals surface area contributed by atoms with Crippen molar-refractivity contribution in [3.05, 3.63) is 102 Å². The Morgan fingerprint density at radius 3 is 2.49 bits per heavy atom. The second-order valence-corrected chi connectivity index (χ2v) is 12.8. The van der Waals surface area contributed by atoms with Gasteiger partial charge in [-0.15, -0.1) is 11.3 Å². The molecule has 0 aliphatic heterocycles. The van der Waals surface area contributed by atoms with Crippen LogP contribution in [0.1, 0.15) is 5.56 Å². The monoisotopic (exact) mass is 586 g/mol. The van der Waals surface area contributed by atoms with Crippen molar-refractivity contribution in [1.82, 2.24) is 15.3 Å². The number of aromatic amines is 1. The van der Waals surface area contributed by atoms with Crippen LogP contribution in [0, 0.1) is 5.82 Å². The molecule has 10 heteroatoms. The van der Waals surface area contributed by atoms with Crippen LogP contribution in [0.25, 0.3) is 44.2 Å². The van der Waals surface area contributed by atoms with Gasteiger partial charge in [0.1, 0.15) is 15.7 Å². The van der Waals surface area contributed by atoms with E-state index in [1.165, 1.54) is 27.8 Å². The zero-order chi connectivity index (χ0) is 28.6. The van der Waals surface area contributed by atoms with Gasteiger partial charge in [-0.2, -0.15) is 0 Å². The van der Waals surface area contributed by atoms with E-state index in [9.17, 15) is 12.8 Å². The Balaban J connectivity index is 1.53. The normalized spacial score (nSPS) is 11.9. The van der Waals surface area contributed by atoms with Gasteiger partial charge in [0.15, 0.2) is 0 Å². The van der Waals surface area contributed by atoms with E-state index in [-0.39, 0.29) is 16.6 Å². The van der Waals surface area contributed by atoms with Crippen LogP contribution in [-0.2, 0) is 16.6 Å².